The Kier molecular flexibility index (Phi) is 6.67. The van der Waals surface area contributed by atoms with Crippen molar-refractivity contribution in [3.63, 3.8) is 0 Å². The third-order valence-corrected chi connectivity index (χ3v) is 2.86. The van der Waals surface area contributed by atoms with Crippen LogP contribution in [0.15, 0.2) is 18.2 Å². The van der Waals surface area contributed by atoms with Gasteiger partial charge in [0.15, 0.2) is 0 Å². The van der Waals surface area contributed by atoms with Crippen LogP contribution in [-0.4, -0.2) is 25.6 Å². The van der Waals surface area contributed by atoms with Crippen LogP contribution in [0, 0.1) is 0 Å². The van der Waals surface area contributed by atoms with Crippen LogP contribution in [0.1, 0.15) is 26.7 Å². The average molecular weight is 285 g/mol. The third kappa shape index (κ3) is 5.94. The molecule has 0 aliphatic heterocycles. The second kappa shape index (κ2) is 8.02. The molecule has 0 unspecified atom stereocenters. The smallest absolute Gasteiger partial charge is 0.224 e. The van der Waals surface area contributed by atoms with Crippen molar-refractivity contribution in [1.29, 1.82) is 0 Å². The molecule has 0 fully saturated rings. The summed E-state index contributed by atoms with van der Waals surface area (Å²) in [6, 6.07) is 5.64. The van der Waals surface area contributed by atoms with Gasteiger partial charge in [-0.15, -0.1) is 0 Å². The standard InChI is InChI=1S/C14H21ClN2O2/c1-10(2)16-8-4-5-14(18)17-11-6-7-13(19-3)12(15)9-11/h6-7,9-10,16H,4-5,8H2,1-3H3,(H,17,18). The fourth-order valence-electron chi connectivity index (χ4n) is 1.61. The lowest BCUT2D eigenvalue weighted by Gasteiger charge is -2.09. The highest BCUT2D eigenvalue weighted by Crippen LogP contribution is 2.27. The normalized spacial score (nSPS) is 10.6. The van der Waals surface area contributed by atoms with E-state index in [1.165, 1.54) is 0 Å². The summed E-state index contributed by atoms with van der Waals surface area (Å²) in [5.41, 5.74) is 0.688. The van der Waals surface area contributed by atoms with E-state index in [2.05, 4.69) is 24.5 Å². The molecule has 0 atom stereocenters. The van der Waals surface area contributed by atoms with Crippen LogP contribution in [0.25, 0.3) is 0 Å². The molecular weight excluding hydrogens is 264 g/mol. The molecule has 0 radical (unpaired) electrons. The number of ether oxygens (including phenoxy) is 1. The highest BCUT2D eigenvalue weighted by molar-refractivity contribution is 6.32. The SMILES string of the molecule is COc1ccc(NC(=O)CCCNC(C)C)cc1Cl. The zero-order valence-electron chi connectivity index (χ0n) is 11.6. The van der Waals surface area contributed by atoms with E-state index >= 15 is 0 Å². The summed E-state index contributed by atoms with van der Waals surface area (Å²) in [6.45, 7) is 5.01. The molecular formula is C14H21ClN2O2. The fourth-order valence-corrected chi connectivity index (χ4v) is 1.87. The Hall–Kier alpha value is -1.26. The molecule has 1 rings (SSSR count). The number of halogens is 1. The van der Waals surface area contributed by atoms with E-state index in [4.69, 9.17) is 16.3 Å². The lowest BCUT2D eigenvalue weighted by Crippen LogP contribution is -2.24. The van der Waals surface area contributed by atoms with E-state index in [0.29, 0.717) is 28.9 Å². The minimum atomic E-state index is -0.00760. The Balaban J connectivity index is 2.38. The van der Waals surface area contributed by atoms with Crippen LogP contribution in [0.3, 0.4) is 0 Å². The Labute approximate surface area is 119 Å². The molecule has 4 nitrogen and oxygen atoms in total. The summed E-state index contributed by atoms with van der Waals surface area (Å²) in [4.78, 5) is 11.7. The number of methoxy groups -OCH3 is 1. The van der Waals surface area contributed by atoms with Crippen LogP contribution in [0.5, 0.6) is 5.75 Å². The number of nitrogens with one attached hydrogen (secondary N) is 2. The van der Waals surface area contributed by atoms with Crippen LogP contribution in [0.2, 0.25) is 5.02 Å². The maximum atomic E-state index is 11.7. The zero-order valence-corrected chi connectivity index (χ0v) is 12.4. The quantitative estimate of drug-likeness (QED) is 0.757. The van der Waals surface area contributed by atoms with Crippen molar-refractivity contribution in [2.45, 2.75) is 32.7 Å². The Bertz CT molecular complexity index is 422. The maximum Gasteiger partial charge on any atom is 0.224 e. The summed E-state index contributed by atoms with van der Waals surface area (Å²) in [5.74, 6) is 0.590. The Morgan fingerprint density at radius 2 is 2.16 bits per heavy atom. The molecule has 0 bridgehead atoms. The number of benzene rings is 1. The zero-order chi connectivity index (χ0) is 14.3. The summed E-state index contributed by atoms with van der Waals surface area (Å²) in [5, 5.41) is 6.57. The van der Waals surface area contributed by atoms with Crippen LogP contribution in [0.4, 0.5) is 5.69 Å². The van der Waals surface area contributed by atoms with Gasteiger partial charge in [-0.2, -0.15) is 0 Å². The largest absolute Gasteiger partial charge is 0.495 e. The van der Waals surface area contributed by atoms with Gasteiger partial charge in [-0.1, -0.05) is 25.4 Å². The van der Waals surface area contributed by atoms with Gasteiger partial charge in [-0.25, -0.2) is 0 Å². The van der Waals surface area contributed by atoms with E-state index < -0.39 is 0 Å². The number of amides is 1. The van der Waals surface area contributed by atoms with Gasteiger partial charge < -0.3 is 15.4 Å². The molecule has 0 saturated carbocycles. The van der Waals surface area contributed by atoms with Crippen molar-refractivity contribution < 1.29 is 9.53 Å². The molecule has 0 aliphatic rings. The highest BCUT2D eigenvalue weighted by Gasteiger charge is 2.05. The maximum absolute atomic E-state index is 11.7. The number of hydrogen-bond acceptors (Lipinski definition) is 3. The first kappa shape index (κ1) is 15.8. The second-order valence-corrected chi connectivity index (χ2v) is 5.02. The predicted molar refractivity (Wildman–Crippen MR) is 79.0 cm³/mol. The van der Waals surface area contributed by atoms with E-state index in [0.717, 1.165) is 13.0 Å². The van der Waals surface area contributed by atoms with Crippen molar-refractivity contribution in [3.8, 4) is 5.75 Å². The number of rotatable bonds is 7. The highest BCUT2D eigenvalue weighted by atomic mass is 35.5. The van der Waals surface area contributed by atoms with Crippen molar-refractivity contribution in [2.75, 3.05) is 19.0 Å². The molecule has 1 aromatic rings. The van der Waals surface area contributed by atoms with Gasteiger partial charge in [0.1, 0.15) is 5.75 Å². The molecule has 0 heterocycles. The topological polar surface area (TPSA) is 50.4 Å². The molecule has 1 amide bonds. The first-order valence-electron chi connectivity index (χ1n) is 6.39. The van der Waals surface area contributed by atoms with Crippen molar-refractivity contribution >= 4 is 23.2 Å². The van der Waals surface area contributed by atoms with Crippen LogP contribution < -0.4 is 15.4 Å². The first-order valence-corrected chi connectivity index (χ1v) is 6.77. The minimum Gasteiger partial charge on any atom is -0.495 e. The van der Waals surface area contributed by atoms with Gasteiger partial charge in [0.05, 0.1) is 12.1 Å². The number of anilines is 1. The number of carbonyl (C=O) groups is 1. The van der Waals surface area contributed by atoms with Crippen LogP contribution >= 0.6 is 11.6 Å². The van der Waals surface area contributed by atoms with Gasteiger partial charge in [-0.3, -0.25) is 4.79 Å². The van der Waals surface area contributed by atoms with Gasteiger partial charge >= 0.3 is 0 Å². The Morgan fingerprint density at radius 1 is 1.42 bits per heavy atom. The van der Waals surface area contributed by atoms with Gasteiger partial charge in [-0.05, 0) is 31.2 Å². The molecule has 5 heteroatoms. The molecule has 0 aliphatic carbocycles. The molecule has 106 valence electrons. The van der Waals surface area contributed by atoms with Crippen LogP contribution in [-0.2, 0) is 4.79 Å². The summed E-state index contributed by atoms with van der Waals surface area (Å²) in [7, 11) is 1.56. The summed E-state index contributed by atoms with van der Waals surface area (Å²) >= 11 is 5.99. The van der Waals surface area contributed by atoms with Gasteiger partial charge in [0.25, 0.3) is 0 Å². The minimum absolute atomic E-state index is 0.00760. The summed E-state index contributed by atoms with van der Waals surface area (Å²) in [6.07, 6.45) is 1.30. The van der Waals surface area contributed by atoms with Crippen molar-refractivity contribution in [1.82, 2.24) is 5.32 Å². The molecule has 1 aromatic carbocycles. The lowest BCUT2D eigenvalue weighted by molar-refractivity contribution is -0.116. The predicted octanol–water partition coefficient (Wildman–Crippen LogP) is 3.07. The first-order chi connectivity index (χ1) is 9.02. The number of hydrogen-bond donors (Lipinski definition) is 2. The van der Waals surface area contributed by atoms with E-state index in [1.807, 2.05) is 0 Å². The van der Waals surface area contributed by atoms with Crippen molar-refractivity contribution in [2.24, 2.45) is 0 Å². The lowest BCUT2D eigenvalue weighted by atomic mass is 10.2. The van der Waals surface area contributed by atoms with Crippen molar-refractivity contribution in [3.05, 3.63) is 23.2 Å². The summed E-state index contributed by atoms with van der Waals surface area (Å²) < 4.78 is 5.05. The molecule has 0 aromatic heterocycles. The third-order valence-electron chi connectivity index (χ3n) is 2.57. The molecule has 0 spiro atoms. The second-order valence-electron chi connectivity index (χ2n) is 4.61. The monoisotopic (exact) mass is 284 g/mol. The fraction of sp³-hybridized carbons (Fsp3) is 0.500. The average Bonchev–Trinajstić information content (AvgIpc) is 2.35. The van der Waals surface area contributed by atoms with Gasteiger partial charge in [0, 0.05) is 18.2 Å². The molecule has 0 saturated heterocycles. The Morgan fingerprint density at radius 3 is 2.74 bits per heavy atom. The van der Waals surface area contributed by atoms with E-state index in [1.54, 1.807) is 25.3 Å². The van der Waals surface area contributed by atoms with E-state index in [9.17, 15) is 4.79 Å². The number of carbonyl (C=O) groups excluding carboxylic acids is 1. The molecule has 2 N–H and O–H groups in total. The molecule has 19 heavy (non-hydrogen) atoms. The van der Waals surface area contributed by atoms with E-state index in [-0.39, 0.29) is 5.91 Å². The van der Waals surface area contributed by atoms with Gasteiger partial charge in [0.2, 0.25) is 5.91 Å².